The monoisotopic (exact) mass is 418 g/mol. The van der Waals surface area contributed by atoms with E-state index in [4.69, 9.17) is 9.84 Å². The number of carboxylic acid groups (broad SMARTS) is 1. The number of fused-ring (bicyclic) bond motifs is 1. The van der Waals surface area contributed by atoms with Gasteiger partial charge < -0.3 is 19.6 Å². The maximum absolute atomic E-state index is 13.0. The minimum absolute atomic E-state index is 0.0792. The number of hydrogen-bond acceptors (Lipinski definition) is 4. The largest absolute Gasteiger partial charge is 0.494 e. The van der Waals surface area contributed by atoms with Gasteiger partial charge in [0.05, 0.1) is 6.61 Å². The van der Waals surface area contributed by atoms with Gasteiger partial charge >= 0.3 is 5.97 Å². The Labute approximate surface area is 181 Å². The van der Waals surface area contributed by atoms with Crippen molar-refractivity contribution in [1.82, 2.24) is 4.90 Å². The summed E-state index contributed by atoms with van der Waals surface area (Å²) >= 11 is 0. The standard InChI is InChI=1S/C25H26N2O4/c28-24(29)6-3-17-31-23-11-9-22(10-12-23)26-13-15-27(16-14-26)25(30)21-8-7-19-4-1-2-5-20(19)18-21/h1-2,4-5,7-12,18H,3,6,13-17H2,(H,28,29). The van der Waals surface area contributed by atoms with E-state index in [9.17, 15) is 9.59 Å². The van der Waals surface area contributed by atoms with E-state index >= 15 is 0 Å². The molecule has 1 heterocycles. The Balaban J connectivity index is 1.30. The van der Waals surface area contributed by atoms with Crippen LogP contribution in [0.2, 0.25) is 0 Å². The van der Waals surface area contributed by atoms with Crippen LogP contribution in [0.4, 0.5) is 5.69 Å². The molecule has 6 nitrogen and oxygen atoms in total. The zero-order valence-electron chi connectivity index (χ0n) is 17.4. The zero-order valence-corrected chi connectivity index (χ0v) is 17.4. The van der Waals surface area contributed by atoms with E-state index in [0.717, 1.165) is 40.9 Å². The van der Waals surface area contributed by atoms with Crippen LogP contribution in [-0.4, -0.2) is 54.7 Å². The molecule has 1 N–H and O–H groups in total. The highest BCUT2D eigenvalue weighted by Crippen LogP contribution is 2.22. The molecule has 1 aliphatic rings. The lowest BCUT2D eigenvalue weighted by Gasteiger charge is -2.36. The van der Waals surface area contributed by atoms with Crippen LogP contribution < -0.4 is 9.64 Å². The van der Waals surface area contributed by atoms with Crippen LogP contribution in [0.25, 0.3) is 10.8 Å². The molecule has 3 aromatic rings. The van der Waals surface area contributed by atoms with Crippen molar-refractivity contribution < 1.29 is 19.4 Å². The maximum Gasteiger partial charge on any atom is 0.303 e. The lowest BCUT2D eigenvalue weighted by molar-refractivity contribution is -0.137. The quantitative estimate of drug-likeness (QED) is 0.587. The van der Waals surface area contributed by atoms with Gasteiger partial charge in [-0.3, -0.25) is 9.59 Å². The van der Waals surface area contributed by atoms with Crippen LogP contribution in [0.5, 0.6) is 5.75 Å². The molecule has 1 aliphatic heterocycles. The Morgan fingerprint density at radius 2 is 1.58 bits per heavy atom. The molecule has 0 saturated carbocycles. The molecule has 0 aliphatic carbocycles. The summed E-state index contributed by atoms with van der Waals surface area (Å²) in [6.07, 6.45) is 0.602. The minimum atomic E-state index is -0.808. The van der Waals surface area contributed by atoms with Crippen LogP contribution in [0.1, 0.15) is 23.2 Å². The lowest BCUT2D eigenvalue weighted by Crippen LogP contribution is -2.48. The Hall–Kier alpha value is -3.54. The van der Waals surface area contributed by atoms with Crippen molar-refractivity contribution in [3.63, 3.8) is 0 Å². The van der Waals surface area contributed by atoms with E-state index in [-0.39, 0.29) is 12.3 Å². The van der Waals surface area contributed by atoms with Gasteiger partial charge in [0.15, 0.2) is 0 Å². The Bertz CT molecular complexity index is 1060. The molecule has 1 saturated heterocycles. The van der Waals surface area contributed by atoms with E-state index in [1.807, 2.05) is 65.6 Å². The van der Waals surface area contributed by atoms with E-state index in [1.165, 1.54) is 0 Å². The number of nitrogens with zero attached hydrogens (tertiary/aromatic N) is 2. The average Bonchev–Trinajstić information content (AvgIpc) is 2.81. The molecule has 31 heavy (non-hydrogen) atoms. The third-order valence-corrected chi connectivity index (χ3v) is 5.57. The zero-order chi connectivity index (χ0) is 21.6. The van der Waals surface area contributed by atoms with E-state index in [2.05, 4.69) is 11.0 Å². The first-order valence-electron chi connectivity index (χ1n) is 10.6. The van der Waals surface area contributed by atoms with Gasteiger partial charge in [-0.1, -0.05) is 30.3 Å². The molecule has 0 unspecified atom stereocenters. The molecule has 0 radical (unpaired) electrons. The van der Waals surface area contributed by atoms with Crippen LogP contribution >= 0.6 is 0 Å². The van der Waals surface area contributed by atoms with Crippen molar-refractivity contribution in [1.29, 1.82) is 0 Å². The van der Waals surface area contributed by atoms with Crippen molar-refractivity contribution in [3.8, 4) is 5.75 Å². The molecule has 4 rings (SSSR count). The number of amides is 1. The number of ether oxygens (including phenoxy) is 1. The third kappa shape index (κ3) is 5.15. The predicted molar refractivity (Wildman–Crippen MR) is 121 cm³/mol. The molecule has 0 aromatic heterocycles. The number of carboxylic acids is 1. The number of benzene rings is 3. The first kappa shape index (κ1) is 20.7. The second-order valence-electron chi connectivity index (χ2n) is 7.68. The topological polar surface area (TPSA) is 70.1 Å². The van der Waals surface area contributed by atoms with Gasteiger partial charge in [0, 0.05) is 43.9 Å². The van der Waals surface area contributed by atoms with Crippen LogP contribution in [0, 0.1) is 0 Å². The first-order valence-corrected chi connectivity index (χ1v) is 10.6. The summed E-state index contributed by atoms with van der Waals surface area (Å²) in [7, 11) is 0. The van der Waals surface area contributed by atoms with Crippen molar-refractivity contribution in [2.24, 2.45) is 0 Å². The summed E-state index contributed by atoms with van der Waals surface area (Å²) in [5.74, 6) is 0.00644. The van der Waals surface area contributed by atoms with Crippen molar-refractivity contribution >= 4 is 28.3 Å². The van der Waals surface area contributed by atoms with Gasteiger partial charge in [-0.25, -0.2) is 0 Å². The maximum atomic E-state index is 13.0. The highest BCUT2D eigenvalue weighted by molar-refractivity contribution is 5.98. The van der Waals surface area contributed by atoms with Crippen LogP contribution in [0.15, 0.2) is 66.7 Å². The average molecular weight is 418 g/mol. The summed E-state index contributed by atoms with van der Waals surface area (Å²) in [5, 5.41) is 10.9. The van der Waals surface area contributed by atoms with Gasteiger partial charge in [0.25, 0.3) is 5.91 Å². The number of carbonyl (C=O) groups excluding carboxylic acids is 1. The summed E-state index contributed by atoms with van der Waals surface area (Å²) < 4.78 is 5.59. The van der Waals surface area contributed by atoms with E-state index in [0.29, 0.717) is 26.1 Å². The van der Waals surface area contributed by atoms with Crippen molar-refractivity contribution in [2.75, 3.05) is 37.7 Å². The second-order valence-corrected chi connectivity index (χ2v) is 7.68. The van der Waals surface area contributed by atoms with Gasteiger partial charge in [0.1, 0.15) is 5.75 Å². The lowest BCUT2D eigenvalue weighted by atomic mass is 10.1. The fourth-order valence-corrected chi connectivity index (χ4v) is 3.84. The minimum Gasteiger partial charge on any atom is -0.494 e. The van der Waals surface area contributed by atoms with Crippen molar-refractivity contribution in [2.45, 2.75) is 12.8 Å². The first-order chi connectivity index (χ1) is 15.1. The highest BCUT2D eigenvalue weighted by atomic mass is 16.5. The molecule has 0 spiro atoms. The van der Waals surface area contributed by atoms with Crippen molar-refractivity contribution in [3.05, 3.63) is 72.3 Å². The molecular formula is C25H26N2O4. The van der Waals surface area contributed by atoms with Gasteiger partial charge in [-0.2, -0.15) is 0 Å². The Morgan fingerprint density at radius 3 is 2.29 bits per heavy atom. The smallest absolute Gasteiger partial charge is 0.303 e. The van der Waals surface area contributed by atoms with Gasteiger partial charge in [0.2, 0.25) is 0 Å². The fourth-order valence-electron chi connectivity index (χ4n) is 3.84. The van der Waals surface area contributed by atoms with Crippen LogP contribution in [0.3, 0.4) is 0 Å². The van der Waals surface area contributed by atoms with E-state index < -0.39 is 5.97 Å². The number of carbonyl (C=O) groups is 2. The molecule has 3 aromatic carbocycles. The summed E-state index contributed by atoms with van der Waals surface area (Å²) in [6, 6.07) is 21.8. The molecule has 160 valence electrons. The third-order valence-electron chi connectivity index (χ3n) is 5.57. The van der Waals surface area contributed by atoms with Gasteiger partial charge in [-0.15, -0.1) is 0 Å². The highest BCUT2D eigenvalue weighted by Gasteiger charge is 2.22. The summed E-state index contributed by atoms with van der Waals surface area (Å²) in [4.78, 5) is 27.7. The van der Waals surface area contributed by atoms with Crippen LogP contribution in [-0.2, 0) is 4.79 Å². The van der Waals surface area contributed by atoms with Gasteiger partial charge in [-0.05, 0) is 53.6 Å². The molecule has 6 heteroatoms. The predicted octanol–water partition coefficient (Wildman–Crippen LogP) is 4.05. The normalized spacial score (nSPS) is 13.9. The SMILES string of the molecule is O=C(O)CCCOc1ccc(N2CCN(C(=O)c3ccc4ccccc4c3)CC2)cc1. The number of anilines is 1. The number of rotatable bonds is 7. The Morgan fingerprint density at radius 1 is 0.871 bits per heavy atom. The molecular weight excluding hydrogens is 392 g/mol. The second kappa shape index (κ2) is 9.51. The molecule has 0 bridgehead atoms. The molecule has 0 atom stereocenters. The van der Waals surface area contributed by atoms with E-state index in [1.54, 1.807) is 0 Å². The number of aliphatic carboxylic acids is 1. The fraction of sp³-hybridized carbons (Fsp3) is 0.280. The number of piperazine rings is 1. The summed E-state index contributed by atoms with van der Waals surface area (Å²) in [5.41, 5.74) is 1.83. The number of hydrogen-bond donors (Lipinski definition) is 1. The Kier molecular flexibility index (Phi) is 6.36. The molecule has 1 fully saturated rings. The molecule has 1 amide bonds. The summed E-state index contributed by atoms with van der Waals surface area (Å²) in [6.45, 7) is 3.30.